The zero-order chi connectivity index (χ0) is 12.5. The van der Waals surface area contributed by atoms with Gasteiger partial charge in [-0.1, -0.05) is 12.2 Å². The summed E-state index contributed by atoms with van der Waals surface area (Å²) in [5, 5.41) is 0. The third-order valence-corrected chi connectivity index (χ3v) is 5.44. The van der Waals surface area contributed by atoms with Crippen LogP contribution in [0.4, 0.5) is 5.69 Å². The molecule has 0 saturated heterocycles. The molecule has 1 aromatic rings. The molecule has 0 atom stereocenters. The minimum atomic E-state index is -3.43. The van der Waals surface area contributed by atoms with Crippen LogP contribution in [0.25, 0.3) is 0 Å². The predicted molar refractivity (Wildman–Crippen MR) is 71.1 cm³/mol. The van der Waals surface area contributed by atoms with E-state index in [0.29, 0.717) is 23.2 Å². The molecule has 0 amide bonds. The standard InChI is InChI=1S/C11H13BrN2O2S/c12-10-8-9(13)4-5-11(10)17(15,16)14-6-2-1-3-7-14/h1-2,4-5,8H,3,6-7,13H2. The lowest BCUT2D eigenvalue weighted by molar-refractivity contribution is 0.437. The van der Waals surface area contributed by atoms with Crippen LogP contribution in [-0.4, -0.2) is 25.8 Å². The van der Waals surface area contributed by atoms with E-state index in [4.69, 9.17) is 5.73 Å². The molecule has 1 aromatic carbocycles. The number of halogens is 1. The van der Waals surface area contributed by atoms with Gasteiger partial charge in [0, 0.05) is 23.2 Å². The van der Waals surface area contributed by atoms with E-state index in [1.54, 1.807) is 12.1 Å². The molecule has 0 radical (unpaired) electrons. The first-order valence-electron chi connectivity index (χ1n) is 5.22. The second kappa shape index (κ2) is 4.80. The number of sulfonamides is 1. The Morgan fingerprint density at radius 3 is 2.65 bits per heavy atom. The van der Waals surface area contributed by atoms with Gasteiger partial charge in [-0.05, 0) is 40.5 Å². The average Bonchev–Trinajstić information content (AvgIpc) is 2.29. The molecule has 6 heteroatoms. The van der Waals surface area contributed by atoms with Crippen LogP contribution in [0.15, 0.2) is 39.7 Å². The van der Waals surface area contributed by atoms with Gasteiger partial charge in [0.25, 0.3) is 0 Å². The molecule has 0 aliphatic carbocycles. The summed E-state index contributed by atoms with van der Waals surface area (Å²) >= 11 is 3.25. The van der Waals surface area contributed by atoms with Gasteiger partial charge in [0.05, 0.1) is 4.90 Å². The lowest BCUT2D eigenvalue weighted by Crippen LogP contribution is -2.34. The molecule has 1 aliphatic heterocycles. The van der Waals surface area contributed by atoms with Crippen LogP contribution in [0.3, 0.4) is 0 Å². The highest BCUT2D eigenvalue weighted by Gasteiger charge is 2.26. The number of hydrogen-bond acceptors (Lipinski definition) is 3. The molecule has 0 fully saturated rings. The molecule has 0 unspecified atom stereocenters. The first kappa shape index (κ1) is 12.6. The van der Waals surface area contributed by atoms with E-state index in [1.165, 1.54) is 10.4 Å². The highest BCUT2D eigenvalue weighted by atomic mass is 79.9. The normalized spacial score (nSPS) is 17.2. The molecule has 2 rings (SSSR count). The third kappa shape index (κ3) is 2.53. The van der Waals surface area contributed by atoms with Crippen LogP contribution < -0.4 is 5.73 Å². The van der Waals surface area contributed by atoms with Crippen molar-refractivity contribution in [3.8, 4) is 0 Å². The number of anilines is 1. The van der Waals surface area contributed by atoms with Crippen molar-refractivity contribution < 1.29 is 8.42 Å². The summed E-state index contributed by atoms with van der Waals surface area (Å²) in [6, 6.07) is 4.73. The van der Waals surface area contributed by atoms with Crippen LogP contribution in [0.2, 0.25) is 0 Å². The smallest absolute Gasteiger partial charge is 0.244 e. The summed E-state index contributed by atoms with van der Waals surface area (Å²) < 4.78 is 26.6. The Hall–Kier alpha value is -0.850. The summed E-state index contributed by atoms with van der Waals surface area (Å²) in [5.41, 5.74) is 6.14. The maximum atomic E-state index is 12.3. The molecule has 1 heterocycles. The highest BCUT2D eigenvalue weighted by molar-refractivity contribution is 9.10. The van der Waals surface area contributed by atoms with Crippen LogP contribution in [0, 0.1) is 0 Å². The number of benzene rings is 1. The molecule has 0 aromatic heterocycles. The summed E-state index contributed by atoms with van der Waals surface area (Å²) in [7, 11) is -3.43. The van der Waals surface area contributed by atoms with Gasteiger partial charge in [0.1, 0.15) is 0 Å². The number of hydrogen-bond donors (Lipinski definition) is 1. The molecule has 0 spiro atoms. The Kier molecular flexibility index (Phi) is 3.56. The predicted octanol–water partition coefficient (Wildman–Crippen LogP) is 1.98. The van der Waals surface area contributed by atoms with Crippen LogP contribution in [0.1, 0.15) is 6.42 Å². The minimum Gasteiger partial charge on any atom is -0.399 e. The Balaban J connectivity index is 2.40. The van der Waals surface area contributed by atoms with Crippen molar-refractivity contribution in [3.63, 3.8) is 0 Å². The van der Waals surface area contributed by atoms with Gasteiger partial charge in [-0.25, -0.2) is 8.42 Å². The number of nitrogens with zero attached hydrogens (tertiary/aromatic N) is 1. The lowest BCUT2D eigenvalue weighted by atomic mass is 10.3. The Morgan fingerprint density at radius 2 is 2.06 bits per heavy atom. The maximum absolute atomic E-state index is 12.3. The van der Waals surface area contributed by atoms with Crippen molar-refractivity contribution >= 4 is 31.6 Å². The van der Waals surface area contributed by atoms with Crippen LogP contribution in [-0.2, 0) is 10.0 Å². The van der Waals surface area contributed by atoms with E-state index in [9.17, 15) is 8.42 Å². The fourth-order valence-corrected chi connectivity index (χ4v) is 4.17. The van der Waals surface area contributed by atoms with E-state index in [1.807, 2.05) is 12.2 Å². The topological polar surface area (TPSA) is 63.4 Å². The molecule has 17 heavy (non-hydrogen) atoms. The van der Waals surface area contributed by atoms with Crippen LogP contribution in [0.5, 0.6) is 0 Å². The average molecular weight is 317 g/mol. The Labute approximate surface area is 109 Å². The van der Waals surface area contributed by atoms with Gasteiger partial charge >= 0.3 is 0 Å². The van der Waals surface area contributed by atoms with Crippen molar-refractivity contribution in [1.82, 2.24) is 4.31 Å². The van der Waals surface area contributed by atoms with Gasteiger partial charge in [-0.2, -0.15) is 4.31 Å². The van der Waals surface area contributed by atoms with E-state index in [2.05, 4.69) is 15.9 Å². The first-order chi connectivity index (χ1) is 8.01. The zero-order valence-corrected chi connectivity index (χ0v) is 11.5. The van der Waals surface area contributed by atoms with E-state index in [-0.39, 0.29) is 4.90 Å². The maximum Gasteiger partial charge on any atom is 0.244 e. The lowest BCUT2D eigenvalue weighted by Gasteiger charge is -2.23. The summed E-state index contributed by atoms with van der Waals surface area (Å²) in [6.07, 6.45) is 4.61. The molecule has 0 saturated carbocycles. The Morgan fingerprint density at radius 1 is 1.29 bits per heavy atom. The molecule has 2 N–H and O–H groups in total. The van der Waals surface area contributed by atoms with Gasteiger partial charge in [-0.15, -0.1) is 0 Å². The van der Waals surface area contributed by atoms with E-state index in [0.717, 1.165) is 6.42 Å². The number of nitrogens with two attached hydrogens (primary N) is 1. The van der Waals surface area contributed by atoms with Crippen molar-refractivity contribution in [3.05, 3.63) is 34.8 Å². The van der Waals surface area contributed by atoms with Crippen LogP contribution >= 0.6 is 15.9 Å². The fraction of sp³-hybridized carbons (Fsp3) is 0.273. The number of rotatable bonds is 2. The molecule has 1 aliphatic rings. The fourth-order valence-electron chi connectivity index (χ4n) is 1.70. The molecule has 0 bridgehead atoms. The van der Waals surface area contributed by atoms with Crippen molar-refractivity contribution in [2.75, 3.05) is 18.8 Å². The van der Waals surface area contributed by atoms with E-state index >= 15 is 0 Å². The molecular weight excluding hydrogens is 304 g/mol. The SMILES string of the molecule is Nc1ccc(S(=O)(=O)N2CC=CCC2)c(Br)c1. The van der Waals surface area contributed by atoms with Gasteiger partial charge < -0.3 is 5.73 Å². The summed E-state index contributed by atoms with van der Waals surface area (Å²) in [6.45, 7) is 0.953. The van der Waals surface area contributed by atoms with Gasteiger partial charge in [0.15, 0.2) is 0 Å². The van der Waals surface area contributed by atoms with Gasteiger partial charge in [0.2, 0.25) is 10.0 Å². The zero-order valence-electron chi connectivity index (χ0n) is 9.14. The van der Waals surface area contributed by atoms with Crippen molar-refractivity contribution in [2.24, 2.45) is 0 Å². The minimum absolute atomic E-state index is 0.266. The molecule has 92 valence electrons. The third-order valence-electron chi connectivity index (χ3n) is 2.59. The summed E-state index contributed by atoms with van der Waals surface area (Å²) in [4.78, 5) is 0.266. The van der Waals surface area contributed by atoms with Gasteiger partial charge in [-0.3, -0.25) is 0 Å². The first-order valence-corrected chi connectivity index (χ1v) is 7.45. The Bertz CT molecular complexity index is 555. The second-order valence-electron chi connectivity index (χ2n) is 3.81. The molecular formula is C11H13BrN2O2S. The van der Waals surface area contributed by atoms with Crippen molar-refractivity contribution in [1.29, 1.82) is 0 Å². The monoisotopic (exact) mass is 316 g/mol. The highest BCUT2D eigenvalue weighted by Crippen LogP contribution is 2.27. The second-order valence-corrected chi connectivity index (χ2v) is 6.57. The van der Waals surface area contributed by atoms with Crippen molar-refractivity contribution in [2.45, 2.75) is 11.3 Å². The quantitative estimate of drug-likeness (QED) is 0.670. The largest absolute Gasteiger partial charge is 0.399 e. The van der Waals surface area contributed by atoms with E-state index < -0.39 is 10.0 Å². The molecule has 4 nitrogen and oxygen atoms in total. The summed E-state index contributed by atoms with van der Waals surface area (Å²) in [5.74, 6) is 0. The number of nitrogen functional groups attached to an aromatic ring is 1.